The maximum atomic E-state index is 13.5. The third-order valence-corrected chi connectivity index (χ3v) is 9.34. The van der Waals surface area contributed by atoms with E-state index >= 15 is 0 Å². The molecule has 0 N–H and O–H groups in total. The normalized spacial score (nSPS) is 15.3. The Morgan fingerprint density at radius 1 is 0.972 bits per heavy atom. The molecule has 5 rings (SSSR count). The van der Waals surface area contributed by atoms with Gasteiger partial charge in [0.2, 0.25) is 10.0 Å². The monoisotopic (exact) mass is 587 g/mol. The summed E-state index contributed by atoms with van der Waals surface area (Å²) in [6.45, 7) is 2.01. The molecular formula is C26H23BrFN3O3S2. The fraction of sp³-hybridized carbons (Fsp3) is 0.192. The number of thiazole rings is 1. The lowest BCUT2D eigenvalue weighted by Gasteiger charge is -2.26. The molecule has 6 nitrogen and oxygen atoms in total. The van der Waals surface area contributed by atoms with E-state index in [0.29, 0.717) is 38.5 Å². The Morgan fingerprint density at radius 2 is 1.67 bits per heavy atom. The summed E-state index contributed by atoms with van der Waals surface area (Å²) in [7, 11) is -3.57. The maximum Gasteiger partial charge on any atom is 0.243 e. The number of hydrogen-bond donors (Lipinski definition) is 0. The Bertz CT molecular complexity index is 1530. The van der Waals surface area contributed by atoms with E-state index in [0.717, 1.165) is 26.1 Å². The minimum Gasteiger partial charge on any atom is -0.379 e. The van der Waals surface area contributed by atoms with E-state index in [1.165, 1.54) is 27.8 Å². The van der Waals surface area contributed by atoms with Gasteiger partial charge in [0, 0.05) is 28.5 Å². The second-order valence-electron chi connectivity index (χ2n) is 8.22. The fourth-order valence-electron chi connectivity index (χ4n) is 3.97. The number of morpholine rings is 1. The van der Waals surface area contributed by atoms with Crippen molar-refractivity contribution in [2.75, 3.05) is 26.3 Å². The number of sulfonamides is 1. The first-order valence-electron chi connectivity index (χ1n) is 11.3. The SMILES string of the molecule is O=S(=O)(c1ccc(N=c2scc(-c3ccccc3Br)n2Cc2ccc(F)cc2)cc1)N1CCOCC1. The van der Waals surface area contributed by atoms with Crippen LogP contribution in [0.3, 0.4) is 0 Å². The van der Waals surface area contributed by atoms with Crippen molar-refractivity contribution < 1.29 is 17.5 Å². The van der Waals surface area contributed by atoms with Crippen LogP contribution in [-0.4, -0.2) is 43.6 Å². The Labute approximate surface area is 221 Å². The summed E-state index contributed by atoms with van der Waals surface area (Å²) in [5.41, 5.74) is 3.58. The van der Waals surface area contributed by atoms with Gasteiger partial charge in [0.05, 0.1) is 36.0 Å². The lowest BCUT2D eigenvalue weighted by molar-refractivity contribution is 0.0730. The van der Waals surface area contributed by atoms with E-state index in [1.54, 1.807) is 36.4 Å². The molecule has 0 aliphatic carbocycles. The summed E-state index contributed by atoms with van der Waals surface area (Å²) in [5.74, 6) is -0.280. The van der Waals surface area contributed by atoms with Gasteiger partial charge in [-0.2, -0.15) is 4.31 Å². The van der Waals surface area contributed by atoms with E-state index in [1.807, 2.05) is 29.6 Å². The van der Waals surface area contributed by atoms with Gasteiger partial charge in [0.15, 0.2) is 4.80 Å². The van der Waals surface area contributed by atoms with Crippen molar-refractivity contribution in [3.63, 3.8) is 0 Å². The molecule has 0 saturated carbocycles. The largest absolute Gasteiger partial charge is 0.379 e. The van der Waals surface area contributed by atoms with Gasteiger partial charge in [0.1, 0.15) is 5.82 Å². The maximum absolute atomic E-state index is 13.5. The summed E-state index contributed by atoms with van der Waals surface area (Å²) < 4.78 is 49.1. The van der Waals surface area contributed by atoms with Gasteiger partial charge >= 0.3 is 0 Å². The van der Waals surface area contributed by atoms with Gasteiger partial charge in [-0.15, -0.1) is 11.3 Å². The highest BCUT2D eigenvalue weighted by Gasteiger charge is 2.26. The molecule has 0 radical (unpaired) electrons. The topological polar surface area (TPSA) is 63.9 Å². The average Bonchev–Trinajstić information content (AvgIpc) is 3.28. The molecule has 1 aromatic heterocycles. The molecule has 0 unspecified atom stereocenters. The van der Waals surface area contributed by atoms with Crippen molar-refractivity contribution in [3.05, 3.63) is 98.8 Å². The number of benzene rings is 3. The van der Waals surface area contributed by atoms with Crippen molar-refractivity contribution in [2.45, 2.75) is 11.4 Å². The second kappa shape index (κ2) is 10.8. The summed E-state index contributed by atoms with van der Waals surface area (Å²) in [4.78, 5) is 5.81. The standard InChI is InChI=1S/C26H23BrFN3O3S2/c27-24-4-2-1-3-23(24)25-18-35-26(31(25)17-19-5-7-20(28)8-6-19)29-21-9-11-22(12-10-21)36(32,33)30-13-15-34-16-14-30/h1-12,18H,13-17H2. The van der Waals surface area contributed by atoms with Crippen molar-refractivity contribution in [1.29, 1.82) is 0 Å². The Balaban J connectivity index is 1.52. The number of halogens is 2. The molecular weight excluding hydrogens is 565 g/mol. The predicted molar refractivity (Wildman–Crippen MR) is 142 cm³/mol. The number of aromatic nitrogens is 1. The molecule has 1 fully saturated rings. The van der Waals surface area contributed by atoms with E-state index in [4.69, 9.17) is 9.73 Å². The molecule has 3 aromatic carbocycles. The van der Waals surface area contributed by atoms with E-state index in [9.17, 15) is 12.8 Å². The van der Waals surface area contributed by atoms with Crippen LogP contribution in [-0.2, 0) is 21.3 Å². The van der Waals surface area contributed by atoms with Gasteiger partial charge in [-0.3, -0.25) is 0 Å². The van der Waals surface area contributed by atoms with E-state index in [-0.39, 0.29) is 10.7 Å². The van der Waals surface area contributed by atoms with Crippen LogP contribution >= 0.6 is 27.3 Å². The Kier molecular flexibility index (Phi) is 7.49. The molecule has 0 spiro atoms. The average molecular weight is 589 g/mol. The lowest BCUT2D eigenvalue weighted by atomic mass is 10.1. The van der Waals surface area contributed by atoms with Crippen molar-refractivity contribution in [3.8, 4) is 11.3 Å². The fourth-order valence-corrected chi connectivity index (χ4v) is 6.78. The smallest absolute Gasteiger partial charge is 0.243 e. The van der Waals surface area contributed by atoms with Crippen LogP contribution in [0.15, 0.2) is 92.5 Å². The van der Waals surface area contributed by atoms with Gasteiger partial charge in [-0.1, -0.05) is 46.3 Å². The van der Waals surface area contributed by atoms with Crippen LogP contribution in [0.2, 0.25) is 0 Å². The van der Waals surface area contributed by atoms with Gasteiger partial charge in [0.25, 0.3) is 0 Å². The molecule has 0 bridgehead atoms. The number of nitrogens with zero attached hydrogens (tertiary/aromatic N) is 3. The van der Waals surface area contributed by atoms with E-state index in [2.05, 4.69) is 20.5 Å². The van der Waals surface area contributed by atoms with Crippen LogP contribution in [0.5, 0.6) is 0 Å². The molecule has 4 aromatic rings. The van der Waals surface area contributed by atoms with E-state index < -0.39 is 10.0 Å². The van der Waals surface area contributed by atoms with Crippen LogP contribution in [0.25, 0.3) is 11.3 Å². The molecule has 36 heavy (non-hydrogen) atoms. The Hall–Kier alpha value is -2.63. The van der Waals surface area contributed by atoms with Crippen LogP contribution in [0, 0.1) is 5.82 Å². The minimum absolute atomic E-state index is 0.239. The molecule has 1 aliphatic rings. The third kappa shape index (κ3) is 5.37. The van der Waals surface area contributed by atoms with Gasteiger partial charge < -0.3 is 9.30 Å². The zero-order valence-corrected chi connectivity index (χ0v) is 22.4. The highest BCUT2D eigenvalue weighted by molar-refractivity contribution is 9.10. The van der Waals surface area contributed by atoms with Crippen LogP contribution in [0.1, 0.15) is 5.56 Å². The highest BCUT2D eigenvalue weighted by Crippen LogP contribution is 2.29. The summed E-state index contributed by atoms with van der Waals surface area (Å²) in [6.07, 6.45) is 0. The molecule has 1 saturated heterocycles. The first kappa shape index (κ1) is 25.0. The van der Waals surface area contributed by atoms with Crippen LogP contribution in [0.4, 0.5) is 10.1 Å². The lowest BCUT2D eigenvalue weighted by Crippen LogP contribution is -2.40. The number of rotatable bonds is 6. The van der Waals surface area contributed by atoms with Gasteiger partial charge in [-0.05, 0) is 48.0 Å². The summed E-state index contributed by atoms with van der Waals surface area (Å²) >= 11 is 5.13. The minimum atomic E-state index is -3.57. The summed E-state index contributed by atoms with van der Waals surface area (Å²) in [6, 6.07) is 21.0. The summed E-state index contributed by atoms with van der Waals surface area (Å²) in [5, 5.41) is 2.04. The first-order chi connectivity index (χ1) is 17.4. The number of hydrogen-bond acceptors (Lipinski definition) is 5. The molecule has 186 valence electrons. The van der Waals surface area contributed by atoms with Crippen molar-refractivity contribution in [2.24, 2.45) is 4.99 Å². The highest BCUT2D eigenvalue weighted by atomic mass is 79.9. The Morgan fingerprint density at radius 3 is 2.36 bits per heavy atom. The molecule has 2 heterocycles. The zero-order valence-electron chi connectivity index (χ0n) is 19.2. The third-order valence-electron chi connectivity index (χ3n) is 5.87. The van der Waals surface area contributed by atoms with Crippen molar-refractivity contribution >= 4 is 43.0 Å². The van der Waals surface area contributed by atoms with Crippen molar-refractivity contribution in [1.82, 2.24) is 8.87 Å². The second-order valence-corrected chi connectivity index (χ2v) is 11.8. The molecule has 1 aliphatic heterocycles. The zero-order chi connectivity index (χ0) is 25.1. The predicted octanol–water partition coefficient (Wildman–Crippen LogP) is 5.42. The molecule has 0 atom stereocenters. The molecule has 0 amide bonds. The first-order valence-corrected chi connectivity index (χ1v) is 14.4. The van der Waals surface area contributed by atoms with Gasteiger partial charge in [-0.25, -0.2) is 17.8 Å². The quantitative estimate of drug-likeness (QED) is 0.302. The van der Waals surface area contributed by atoms with Crippen LogP contribution < -0.4 is 4.80 Å². The number of ether oxygens (including phenoxy) is 1. The molecule has 10 heteroatoms.